The second-order valence-corrected chi connectivity index (χ2v) is 9.31. The van der Waals surface area contributed by atoms with Crippen LogP contribution < -0.4 is 9.47 Å². The Morgan fingerprint density at radius 1 is 1.09 bits per heavy atom. The molecule has 34 heavy (non-hydrogen) atoms. The maximum atomic E-state index is 11.2. The van der Waals surface area contributed by atoms with Gasteiger partial charge in [0.15, 0.2) is 0 Å². The fourth-order valence-electron chi connectivity index (χ4n) is 4.11. The highest BCUT2D eigenvalue weighted by Crippen LogP contribution is 2.21. The normalized spacial score (nSPS) is 19.1. The minimum Gasteiger partial charge on any atom is -0.492 e. The molecular weight excluding hydrogens is 454 g/mol. The molecule has 2 aromatic carbocycles. The van der Waals surface area contributed by atoms with Crippen LogP contribution in [0.4, 0.5) is 0 Å². The zero-order valence-electron chi connectivity index (χ0n) is 19.7. The van der Waals surface area contributed by atoms with Crippen molar-refractivity contribution in [2.24, 2.45) is 0 Å². The van der Waals surface area contributed by atoms with Crippen LogP contribution in [0.3, 0.4) is 0 Å². The van der Waals surface area contributed by atoms with Crippen LogP contribution in [0.5, 0.6) is 11.5 Å². The van der Waals surface area contributed by atoms with Crippen LogP contribution in [0.25, 0.3) is 0 Å². The van der Waals surface area contributed by atoms with E-state index < -0.39 is 5.60 Å². The number of β-amino-alcohol motifs (C(OH)–C–C–N with tert-alkyl or cyclic N) is 1. The van der Waals surface area contributed by atoms with Crippen LogP contribution in [0.15, 0.2) is 54.6 Å². The van der Waals surface area contributed by atoms with Crippen molar-refractivity contribution < 1.29 is 19.3 Å². The molecule has 0 saturated carbocycles. The van der Waals surface area contributed by atoms with Gasteiger partial charge in [-0.2, -0.15) is 5.10 Å². The summed E-state index contributed by atoms with van der Waals surface area (Å²) in [5.41, 5.74) is 2.15. The summed E-state index contributed by atoms with van der Waals surface area (Å²) < 4.78 is 19.5. The Bertz CT molecular complexity index is 1070. The molecule has 1 aliphatic heterocycles. The number of aliphatic hydroxyl groups is 1. The van der Waals surface area contributed by atoms with Crippen molar-refractivity contribution in [2.75, 3.05) is 39.5 Å². The number of rotatable bonds is 9. The number of hydrogen-bond acceptors (Lipinski definition) is 6. The van der Waals surface area contributed by atoms with Gasteiger partial charge in [0.2, 0.25) is 0 Å². The van der Waals surface area contributed by atoms with Gasteiger partial charge in [-0.15, -0.1) is 0 Å². The van der Waals surface area contributed by atoms with Crippen molar-refractivity contribution in [3.8, 4) is 11.5 Å². The van der Waals surface area contributed by atoms with Gasteiger partial charge in [0.05, 0.1) is 25.5 Å². The quantitative estimate of drug-likeness (QED) is 0.496. The highest BCUT2D eigenvalue weighted by molar-refractivity contribution is 6.30. The predicted octanol–water partition coefficient (Wildman–Crippen LogP) is 3.87. The van der Waals surface area contributed by atoms with Gasteiger partial charge in [0.25, 0.3) is 0 Å². The molecule has 1 aliphatic rings. The summed E-state index contributed by atoms with van der Waals surface area (Å²) >= 11 is 5.94. The zero-order valence-corrected chi connectivity index (χ0v) is 20.5. The summed E-state index contributed by atoms with van der Waals surface area (Å²) in [6, 6.07) is 17.3. The molecule has 2 heterocycles. The van der Waals surface area contributed by atoms with Gasteiger partial charge in [-0.25, -0.2) is 0 Å². The zero-order chi connectivity index (χ0) is 24.0. The first-order chi connectivity index (χ1) is 16.4. The lowest BCUT2D eigenvalue weighted by atomic mass is 10.1. The van der Waals surface area contributed by atoms with Crippen LogP contribution in [0.2, 0.25) is 5.02 Å². The molecule has 1 saturated heterocycles. The average Bonchev–Trinajstić information content (AvgIpc) is 3.01. The van der Waals surface area contributed by atoms with E-state index in [2.05, 4.69) is 28.2 Å². The summed E-state index contributed by atoms with van der Waals surface area (Å²) in [6.07, 6.45) is 0. The number of benzene rings is 2. The predicted molar refractivity (Wildman–Crippen MR) is 132 cm³/mol. The Hall–Kier alpha value is -2.58. The molecule has 182 valence electrons. The number of halogens is 1. The van der Waals surface area contributed by atoms with Gasteiger partial charge < -0.3 is 19.3 Å². The lowest BCUT2D eigenvalue weighted by Gasteiger charge is -2.30. The van der Waals surface area contributed by atoms with Crippen molar-refractivity contribution in [1.82, 2.24) is 14.7 Å². The topological polar surface area (TPSA) is 69.0 Å². The Balaban J connectivity index is 1.31. The first-order valence-electron chi connectivity index (χ1n) is 11.5. The second-order valence-electron chi connectivity index (χ2n) is 8.88. The average molecular weight is 486 g/mol. The van der Waals surface area contributed by atoms with Crippen molar-refractivity contribution >= 4 is 11.6 Å². The Kier molecular flexibility index (Phi) is 8.11. The molecule has 4 rings (SSSR count). The summed E-state index contributed by atoms with van der Waals surface area (Å²) in [6.45, 7) is 8.07. The maximum absolute atomic E-state index is 11.2. The number of hydrogen-bond donors (Lipinski definition) is 1. The van der Waals surface area contributed by atoms with Crippen LogP contribution in [-0.4, -0.2) is 64.9 Å². The van der Waals surface area contributed by atoms with Crippen LogP contribution in [0.1, 0.15) is 17.0 Å². The van der Waals surface area contributed by atoms with Crippen LogP contribution in [-0.2, 0) is 17.8 Å². The largest absolute Gasteiger partial charge is 0.492 e. The fraction of sp³-hybridized carbons (Fsp3) is 0.423. The number of ether oxygens (including phenoxy) is 3. The third-order valence-corrected chi connectivity index (χ3v) is 5.99. The van der Waals surface area contributed by atoms with E-state index in [9.17, 15) is 5.11 Å². The molecule has 0 bridgehead atoms. The molecule has 0 amide bonds. The third kappa shape index (κ3) is 6.96. The standard InChI is InChI=1S/C26H32ClN3O4/c1-20-14-21(2)30(28-20)11-13-33-25-5-3-4-22(15-25)16-29-10-12-32-18-26(31,17-29)19-34-24-8-6-23(27)7-9-24/h3-9,14-15,31H,10-13,16-19H2,1-2H3/t26-/m1/s1. The third-order valence-electron chi connectivity index (χ3n) is 5.74. The van der Waals surface area contributed by atoms with E-state index in [0.29, 0.717) is 43.6 Å². The molecule has 0 radical (unpaired) electrons. The first kappa shape index (κ1) is 24.5. The van der Waals surface area contributed by atoms with Crippen molar-refractivity contribution in [2.45, 2.75) is 32.5 Å². The summed E-state index contributed by atoms with van der Waals surface area (Å²) in [4.78, 5) is 2.19. The lowest BCUT2D eigenvalue weighted by Crippen LogP contribution is -2.48. The maximum Gasteiger partial charge on any atom is 0.134 e. The van der Waals surface area contributed by atoms with Gasteiger partial charge in [-0.05, 0) is 61.9 Å². The Morgan fingerprint density at radius 2 is 1.91 bits per heavy atom. The van der Waals surface area contributed by atoms with Gasteiger partial charge in [-0.3, -0.25) is 9.58 Å². The molecule has 8 heteroatoms. The van der Waals surface area contributed by atoms with E-state index in [1.165, 1.54) is 0 Å². The number of aryl methyl sites for hydroxylation is 2. The molecular formula is C26H32ClN3O4. The summed E-state index contributed by atoms with van der Waals surface area (Å²) in [5, 5.41) is 16.3. The summed E-state index contributed by atoms with van der Waals surface area (Å²) in [5.74, 6) is 1.49. The Labute approximate surface area is 205 Å². The fourth-order valence-corrected chi connectivity index (χ4v) is 4.24. The number of aromatic nitrogens is 2. The highest BCUT2D eigenvalue weighted by atomic mass is 35.5. The van der Waals surface area contributed by atoms with Crippen LogP contribution >= 0.6 is 11.6 Å². The van der Waals surface area contributed by atoms with E-state index in [4.69, 9.17) is 25.8 Å². The molecule has 7 nitrogen and oxygen atoms in total. The molecule has 0 unspecified atom stereocenters. The van der Waals surface area contributed by atoms with Gasteiger partial charge in [0.1, 0.15) is 30.3 Å². The van der Waals surface area contributed by atoms with E-state index >= 15 is 0 Å². The van der Waals surface area contributed by atoms with E-state index in [1.54, 1.807) is 24.3 Å². The minimum atomic E-state index is -1.11. The molecule has 1 atom stereocenters. The van der Waals surface area contributed by atoms with Gasteiger partial charge in [-0.1, -0.05) is 23.7 Å². The Morgan fingerprint density at radius 3 is 2.68 bits per heavy atom. The highest BCUT2D eigenvalue weighted by Gasteiger charge is 2.33. The molecule has 0 aliphatic carbocycles. The SMILES string of the molecule is Cc1cc(C)n(CCOc2cccc(CN3CCOC[C@@](O)(COc4ccc(Cl)cc4)C3)c2)n1. The second kappa shape index (κ2) is 11.2. The number of nitrogens with zero attached hydrogens (tertiary/aromatic N) is 3. The van der Waals surface area contributed by atoms with Crippen molar-refractivity contribution in [1.29, 1.82) is 0 Å². The lowest BCUT2D eigenvalue weighted by molar-refractivity contribution is -0.0646. The van der Waals surface area contributed by atoms with Crippen molar-refractivity contribution in [3.63, 3.8) is 0 Å². The monoisotopic (exact) mass is 485 g/mol. The first-order valence-corrected chi connectivity index (χ1v) is 11.9. The summed E-state index contributed by atoms with van der Waals surface area (Å²) in [7, 11) is 0. The van der Waals surface area contributed by atoms with Gasteiger partial charge in [0, 0.05) is 30.4 Å². The smallest absolute Gasteiger partial charge is 0.134 e. The molecule has 0 spiro atoms. The molecule has 1 aromatic heterocycles. The van der Waals surface area contributed by atoms with E-state index in [1.807, 2.05) is 30.7 Å². The molecule has 1 fully saturated rings. The minimum absolute atomic E-state index is 0.139. The molecule has 3 aromatic rings. The van der Waals surface area contributed by atoms with Crippen molar-refractivity contribution in [3.05, 3.63) is 76.6 Å². The van der Waals surface area contributed by atoms with E-state index in [0.717, 1.165) is 29.2 Å². The van der Waals surface area contributed by atoms with Crippen LogP contribution in [0, 0.1) is 13.8 Å². The van der Waals surface area contributed by atoms with Gasteiger partial charge >= 0.3 is 0 Å². The van der Waals surface area contributed by atoms with E-state index in [-0.39, 0.29) is 13.2 Å². The molecule has 1 N–H and O–H groups in total.